The number of carbonyl (C=O) groups excluding carboxylic acids is 1. The molecule has 1 aromatic heterocycles. The lowest BCUT2D eigenvalue weighted by Crippen LogP contribution is -2.45. The second-order valence-corrected chi connectivity index (χ2v) is 7.27. The number of hydrogen-bond donors (Lipinski definition) is 0. The zero-order valence-corrected chi connectivity index (χ0v) is 15.8. The summed E-state index contributed by atoms with van der Waals surface area (Å²) < 4.78 is 8.06. The van der Waals surface area contributed by atoms with Gasteiger partial charge in [0.1, 0.15) is 5.75 Å². The lowest BCUT2D eigenvalue weighted by molar-refractivity contribution is -0.139. The van der Waals surface area contributed by atoms with Gasteiger partial charge >= 0.3 is 0 Å². The Morgan fingerprint density at radius 3 is 2.63 bits per heavy atom. The fourth-order valence-electron chi connectivity index (χ4n) is 3.80. The molecule has 1 unspecified atom stereocenters. The van der Waals surface area contributed by atoms with E-state index in [0.29, 0.717) is 6.04 Å². The standard InChI is InChI=1S/C22H25N3O2/c1-16-8-9-20-21(14-16)25(15-23-20)18-10-12-24(13-11-18)22(26)17(2)27-19-6-4-3-5-7-19/h3-9,14-15,17-18H,10-13H2,1-2H3. The third kappa shape index (κ3) is 3.68. The van der Waals surface area contributed by atoms with Crippen LogP contribution in [-0.4, -0.2) is 39.6 Å². The number of aromatic nitrogens is 2. The number of imidazole rings is 1. The van der Waals surface area contributed by atoms with Crippen LogP contribution in [0, 0.1) is 6.92 Å². The zero-order chi connectivity index (χ0) is 18.8. The van der Waals surface area contributed by atoms with E-state index in [2.05, 4.69) is 34.7 Å². The highest BCUT2D eigenvalue weighted by Gasteiger charge is 2.28. The summed E-state index contributed by atoms with van der Waals surface area (Å²) in [5.41, 5.74) is 3.45. The van der Waals surface area contributed by atoms with E-state index in [-0.39, 0.29) is 5.91 Å². The molecule has 4 rings (SSSR count). The molecule has 5 heteroatoms. The molecule has 140 valence electrons. The fraction of sp³-hybridized carbons (Fsp3) is 0.364. The first-order valence-corrected chi connectivity index (χ1v) is 9.55. The van der Waals surface area contributed by atoms with Gasteiger partial charge in [-0.3, -0.25) is 4.79 Å². The van der Waals surface area contributed by atoms with Crippen LogP contribution in [0.4, 0.5) is 0 Å². The summed E-state index contributed by atoms with van der Waals surface area (Å²) in [6.07, 6.45) is 3.33. The predicted octanol–water partition coefficient (Wildman–Crippen LogP) is 3.98. The molecule has 0 saturated carbocycles. The average molecular weight is 363 g/mol. The SMILES string of the molecule is Cc1ccc2ncn(C3CCN(C(=O)C(C)Oc4ccccc4)CC3)c2c1. The molecule has 2 heterocycles. The molecular weight excluding hydrogens is 338 g/mol. The van der Waals surface area contributed by atoms with E-state index in [1.54, 1.807) is 0 Å². The summed E-state index contributed by atoms with van der Waals surface area (Å²) >= 11 is 0. The Kier molecular flexibility index (Phi) is 4.84. The average Bonchev–Trinajstić information content (AvgIpc) is 3.11. The van der Waals surface area contributed by atoms with Gasteiger partial charge in [-0.15, -0.1) is 0 Å². The number of hydrogen-bond acceptors (Lipinski definition) is 3. The van der Waals surface area contributed by atoms with Gasteiger partial charge in [0.2, 0.25) is 0 Å². The van der Waals surface area contributed by atoms with Crippen LogP contribution in [0.15, 0.2) is 54.9 Å². The molecule has 27 heavy (non-hydrogen) atoms. The molecule has 0 bridgehead atoms. The molecule has 0 spiro atoms. The number of fused-ring (bicyclic) bond motifs is 1. The van der Waals surface area contributed by atoms with Crippen LogP contribution in [-0.2, 0) is 4.79 Å². The van der Waals surface area contributed by atoms with Crippen molar-refractivity contribution in [2.75, 3.05) is 13.1 Å². The lowest BCUT2D eigenvalue weighted by atomic mass is 10.0. The summed E-state index contributed by atoms with van der Waals surface area (Å²) in [7, 11) is 0. The maximum Gasteiger partial charge on any atom is 0.263 e. The Balaban J connectivity index is 1.39. The quantitative estimate of drug-likeness (QED) is 0.704. The molecule has 1 aliphatic rings. The van der Waals surface area contributed by atoms with E-state index >= 15 is 0 Å². The number of likely N-dealkylation sites (tertiary alicyclic amines) is 1. The van der Waals surface area contributed by atoms with Gasteiger partial charge in [-0.05, 0) is 56.5 Å². The van der Waals surface area contributed by atoms with Crippen molar-refractivity contribution >= 4 is 16.9 Å². The van der Waals surface area contributed by atoms with Gasteiger partial charge in [0, 0.05) is 19.1 Å². The van der Waals surface area contributed by atoms with Gasteiger partial charge in [0.05, 0.1) is 17.4 Å². The van der Waals surface area contributed by atoms with E-state index in [4.69, 9.17) is 4.74 Å². The molecule has 5 nitrogen and oxygen atoms in total. The fourth-order valence-corrected chi connectivity index (χ4v) is 3.80. The van der Waals surface area contributed by atoms with Crippen LogP contribution in [0.25, 0.3) is 11.0 Å². The van der Waals surface area contributed by atoms with Crippen LogP contribution in [0.5, 0.6) is 5.75 Å². The van der Waals surface area contributed by atoms with Crippen molar-refractivity contribution < 1.29 is 9.53 Å². The van der Waals surface area contributed by atoms with Crippen molar-refractivity contribution in [1.82, 2.24) is 14.5 Å². The summed E-state index contributed by atoms with van der Waals surface area (Å²) in [5.74, 6) is 0.789. The number of amides is 1. The smallest absolute Gasteiger partial charge is 0.263 e. The van der Waals surface area contributed by atoms with Crippen LogP contribution >= 0.6 is 0 Å². The van der Waals surface area contributed by atoms with Crippen LogP contribution < -0.4 is 4.74 Å². The summed E-state index contributed by atoms with van der Waals surface area (Å²) in [6, 6.07) is 16.2. The first-order chi connectivity index (χ1) is 13.1. The number of nitrogens with zero attached hydrogens (tertiary/aromatic N) is 3. The molecular formula is C22H25N3O2. The highest BCUT2D eigenvalue weighted by Crippen LogP contribution is 2.27. The highest BCUT2D eigenvalue weighted by atomic mass is 16.5. The molecule has 3 aromatic rings. The molecule has 1 amide bonds. The van der Waals surface area contributed by atoms with Crippen molar-refractivity contribution in [2.45, 2.75) is 38.8 Å². The minimum Gasteiger partial charge on any atom is -0.481 e. The molecule has 1 fully saturated rings. The molecule has 0 N–H and O–H groups in total. The van der Waals surface area contributed by atoms with Crippen LogP contribution in [0.3, 0.4) is 0 Å². The maximum absolute atomic E-state index is 12.7. The first-order valence-electron chi connectivity index (χ1n) is 9.55. The Hall–Kier alpha value is -2.82. The zero-order valence-electron chi connectivity index (χ0n) is 15.8. The van der Waals surface area contributed by atoms with E-state index < -0.39 is 6.10 Å². The minimum absolute atomic E-state index is 0.0589. The minimum atomic E-state index is -0.472. The number of aryl methyl sites for hydroxylation is 1. The molecule has 1 atom stereocenters. The monoisotopic (exact) mass is 363 g/mol. The van der Waals surface area contributed by atoms with Crippen molar-refractivity contribution in [3.63, 3.8) is 0 Å². The predicted molar refractivity (Wildman–Crippen MR) is 106 cm³/mol. The summed E-state index contributed by atoms with van der Waals surface area (Å²) in [5, 5.41) is 0. The van der Waals surface area contributed by atoms with E-state index in [1.807, 2.05) is 48.5 Å². The largest absolute Gasteiger partial charge is 0.481 e. The molecule has 1 saturated heterocycles. The van der Waals surface area contributed by atoms with Crippen LogP contribution in [0.1, 0.15) is 31.4 Å². The first kappa shape index (κ1) is 17.6. The number of rotatable bonds is 4. The summed E-state index contributed by atoms with van der Waals surface area (Å²) in [6.45, 7) is 5.43. The highest BCUT2D eigenvalue weighted by molar-refractivity contribution is 5.81. The Labute approximate surface area is 159 Å². The third-order valence-corrected chi connectivity index (χ3v) is 5.30. The molecule has 2 aromatic carbocycles. The number of para-hydroxylation sites is 1. The van der Waals surface area contributed by atoms with Crippen molar-refractivity contribution in [1.29, 1.82) is 0 Å². The Morgan fingerprint density at radius 1 is 1.15 bits per heavy atom. The molecule has 0 radical (unpaired) electrons. The van der Waals surface area contributed by atoms with Crippen LogP contribution in [0.2, 0.25) is 0 Å². The normalized spacial score (nSPS) is 16.4. The van der Waals surface area contributed by atoms with Crippen molar-refractivity contribution in [3.05, 3.63) is 60.4 Å². The number of ether oxygens (including phenoxy) is 1. The van der Waals surface area contributed by atoms with Crippen molar-refractivity contribution in [3.8, 4) is 5.75 Å². The number of piperidine rings is 1. The molecule has 1 aliphatic heterocycles. The van der Waals surface area contributed by atoms with E-state index in [0.717, 1.165) is 37.2 Å². The number of carbonyl (C=O) groups is 1. The van der Waals surface area contributed by atoms with E-state index in [1.165, 1.54) is 11.1 Å². The topological polar surface area (TPSA) is 47.4 Å². The van der Waals surface area contributed by atoms with Gasteiger partial charge in [-0.1, -0.05) is 24.3 Å². The van der Waals surface area contributed by atoms with Gasteiger partial charge in [-0.2, -0.15) is 0 Å². The number of benzene rings is 2. The Bertz CT molecular complexity index is 927. The van der Waals surface area contributed by atoms with E-state index in [9.17, 15) is 4.79 Å². The van der Waals surface area contributed by atoms with Gasteiger partial charge in [0.15, 0.2) is 6.10 Å². The Morgan fingerprint density at radius 2 is 1.89 bits per heavy atom. The second-order valence-electron chi connectivity index (χ2n) is 7.27. The maximum atomic E-state index is 12.7. The second kappa shape index (κ2) is 7.43. The summed E-state index contributed by atoms with van der Waals surface area (Å²) in [4.78, 5) is 19.2. The van der Waals surface area contributed by atoms with Gasteiger partial charge < -0.3 is 14.2 Å². The van der Waals surface area contributed by atoms with Gasteiger partial charge in [0.25, 0.3) is 5.91 Å². The van der Waals surface area contributed by atoms with Gasteiger partial charge in [-0.25, -0.2) is 4.98 Å². The van der Waals surface area contributed by atoms with Crippen molar-refractivity contribution in [2.24, 2.45) is 0 Å². The lowest BCUT2D eigenvalue weighted by Gasteiger charge is -2.34. The molecule has 0 aliphatic carbocycles. The third-order valence-electron chi connectivity index (χ3n) is 5.30.